The third kappa shape index (κ3) is 4.94. The van der Waals surface area contributed by atoms with E-state index in [1.165, 1.54) is 0 Å². The van der Waals surface area contributed by atoms with Gasteiger partial charge in [0, 0.05) is 17.6 Å². The van der Waals surface area contributed by atoms with Gasteiger partial charge in [-0.1, -0.05) is 23.7 Å². The van der Waals surface area contributed by atoms with Crippen molar-refractivity contribution in [1.29, 1.82) is 0 Å². The van der Waals surface area contributed by atoms with E-state index in [1.54, 1.807) is 49.4 Å². The van der Waals surface area contributed by atoms with Crippen molar-refractivity contribution >= 4 is 34.4 Å². The molecule has 0 saturated heterocycles. The average molecular weight is 416 g/mol. The van der Waals surface area contributed by atoms with Gasteiger partial charge in [-0.15, -0.1) is 0 Å². The van der Waals surface area contributed by atoms with Gasteiger partial charge in [0.2, 0.25) is 5.43 Å². The SMILES string of the molecule is Cc1oc2cc(OCC(=O)NCCC(=O)O)ccc2c(=O)c1-c1ccc(Cl)cc1. The van der Waals surface area contributed by atoms with Crippen LogP contribution in [0.5, 0.6) is 5.75 Å². The number of aliphatic carboxylic acids is 1. The van der Waals surface area contributed by atoms with Crippen LogP contribution in [0.25, 0.3) is 22.1 Å². The Morgan fingerprint density at radius 3 is 2.59 bits per heavy atom. The van der Waals surface area contributed by atoms with E-state index in [2.05, 4.69) is 5.32 Å². The Balaban J connectivity index is 1.80. The fraction of sp³-hybridized carbons (Fsp3) is 0.190. The predicted molar refractivity (Wildman–Crippen MR) is 108 cm³/mol. The minimum Gasteiger partial charge on any atom is -0.484 e. The second-order valence-electron chi connectivity index (χ2n) is 6.31. The third-order valence-electron chi connectivity index (χ3n) is 4.20. The van der Waals surface area contributed by atoms with Crippen molar-refractivity contribution < 1.29 is 23.8 Å². The molecule has 0 radical (unpaired) electrons. The summed E-state index contributed by atoms with van der Waals surface area (Å²) in [6.07, 6.45) is -0.165. The molecule has 0 fully saturated rings. The van der Waals surface area contributed by atoms with Gasteiger partial charge in [-0.2, -0.15) is 0 Å². The number of nitrogens with one attached hydrogen (secondary N) is 1. The summed E-state index contributed by atoms with van der Waals surface area (Å²) in [5.74, 6) is -0.632. The fourth-order valence-electron chi connectivity index (χ4n) is 2.83. The number of fused-ring (bicyclic) bond motifs is 1. The number of halogens is 1. The molecule has 0 unspecified atom stereocenters. The van der Waals surface area contributed by atoms with Crippen LogP contribution in [0.4, 0.5) is 0 Å². The van der Waals surface area contributed by atoms with E-state index in [0.717, 1.165) is 0 Å². The van der Waals surface area contributed by atoms with Gasteiger partial charge in [-0.25, -0.2) is 0 Å². The Kier molecular flexibility index (Phi) is 6.19. The van der Waals surface area contributed by atoms with E-state index < -0.39 is 11.9 Å². The minimum absolute atomic E-state index is 0.0246. The maximum absolute atomic E-state index is 12.9. The number of ether oxygens (including phenoxy) is 1. The third-order valence-corrected chi connectivity index (χ3v) is 4.46. The maximum atomic E-state index is 12.9. The quantitative estimate of drug-likeness (QED) is 0.612. The standard InChI is InChI=1S/C21H18ClNO6/c1-12-20(13-2-4-14(22)5-3-13)21(27)16-7-6-15(10-17(16)29-12)28-11-18(24)23-9-8-19(25)26/h2-7,10H,8-9,11H2,1H3,(H,23,24)(H,25,26). The van der Waals surface area contributed by atoms with Crippen LogP contribution in [-0.4, -0.2) is 30.1 Å². The zero-order valence-corrected chi connectivity index (χ0v) is 16.3. The molecule has 0 saturated carbocycles. The lowest BCUT2D eigenvalue weighted by Crippen LogP contribution is -2.30. The Morgan fingerprint density at radius 2 is 1.90 bits per heavy atom. The van der Waals surface area contributed by atoms with Crippen molar-refractivity contribution in [3.05, 3.63) is 63.5 Å². The molecular formula is C21H18ClNO6. The first-order chi connectivity index (χ1) is 13.8. The molecule has 29 heavy (non-hydrogen) atoms. The Labute approximate surface area is 170 Å². The topological polar surface area (TPSA) is 106 Å². The number of benzene rings is 2. The first kappa shape index (κ1) is 20.4. The lowest BCUT2D eigenvalue weighted by atomic mass is 10.0. The van der Waals surface area contributed by atoms with Gasteiger partial charge >= 0.3 is 5.97 Å². The van der Waals surface area contributed by atoms with E-state index in [-0.39, 0.29) is 25.0 Å². The Morgan fingerprint density at radius 1 is 1.17 bits per heavy atom. The van der Waals surface area contributed by atoms with Crippen LogP contribution in [-0.2, 0) is 9.59 Å². The number of carbonyl (C=O) groups is 2. The van der Waals surface area contributed by atoms with Crippen LogP contribution in [0.3, 0.4) is 0 Å². The zero-order valence-electron chi connectivity index (χ0n) is 15.5. The van der Waals surface area contributed by atoms with Crippen LogP contribution in [0.15, 0.2) is 51.7 Å². The highest BCUT2D eigenvalue weighted by molar-refractivity contribution is 6.30. The van der Waals surface area contributed by atoms with E-state index >= 15 is 0 Å². The van der Waals surface area contributed by atoms with Crippen LogP contribution in [0.1, 0.15) is 12.2 Å². The molecule has 2 N–H and O–H groups in total. The molecule has 7 nitrogen and oxygen atoms in total. The molecule has 8 heteroatoms. The Bertz CT molecular complexity index is 1120. The van der Waals surface area contributed by atoms with Gasteiger partial charge in [0.15, 0.2) is 6.61 Å². The number of rotatable bonds is 7. The summed E-state index contributed by atoms with van der Waals surface area (Å²) < 4.78 is 11.2. The molecule has 150 valence electrons. The van der Waals surface area contributed by atoms with E-state index in [0.29, 0.717) is 38.6 Å². The van der Waals surface area contributed by atoms with Gasteiger partial charge in [0.25, 0.3) is 5.91 Å². The highest BCUT2D eigenvalue weighted by Crippen LogP contribution is 2.27. The summed E-state index contributed by atoms with van der Waals surface area (Å²) in [5, 5.41) is 12.0. The zero-order chi connectivity index (χ0) is 21.0. The van der Waals surface area contributed by atoms with Crippen molar-refractivity contribution in [2.24, 2.45) is 0 Å². The number of carboxylic acid groups (broad SMARTS) is 1. The molecule has 3 aromatic rings. The van der Waals surface area contributed by atoms with E-state index in [4.69, 9.17) is 25.9 Å². The summed E-state index contributed by atoms with van der Waals surface area (Å²) in [6, 6.07) is 11.6. The molecule has 0 aliphatic heterocycles. The number of carbonyl (C=O) groups excluding carboxylic acids is 1. The van der Waals surface area contributed by atoms with Gasteiger partial charge < -0.3 is 19.6 Å². The van der Waals surface area contributed by atoms with Crippen molar-refractivity contribution in [2.45, 2.75) is 13.3 Å². The number of hydrogen-bond acceptors (Lipinski definition) is 5. The molecule has 1 heterocycles. The summed E-state index contributed by atoms with van der Waals surface area (Å²) in [5.41, 5.74) is 1.33. The molecule has 1 aromatic heterocycles. The Hall–Kier alpha value is -3.32. The lowest BCUT2D eigenvalue weighted by Gasteiger charge is -2.10. The van der Waals surface area contributed by atoms with E-state index in [9.17, 15) is 14.4 Å². The smallest absolute Gasteiger partial charge is 0.305 e. The first-order valence-corrected chi connectivity index (χ1v) is 9.17. The van der Waals surface area contributed by atoms with Crippen molar-refractivity contribution in [3.63, 3.8) is 0 Å². The van der Waals surface area contributed by atoms with E-state index in [1.807, 2.05) is 0 Å². The lowest BCUT2D eigenvalue weighted by molar-refractivity contribution is -0.137. The predicted octanol–water partition coefficient (Wildman–Crippen LogP) is 3.39. The first-order valence-electron chi connectivity index (χ1n) is 8.80. The van der Waals surface area contributed by atoms with Crippen molar-refractivity contribution in [3.8, 4) is 16.9 Å². The molecule has 1 amide bonds. The molecule has 0 atom stereocenters. The second kappa shape index (κ2) is 8.79. The van der Waals surface area contributed by atoms with Gasteiger partial charge in [0.1, 0.15) is 17.1 Å². The van der Waals surface area contributed by atoms with Crippen LogP contribution in [0, 0.1) is 6.92 Å². The maximum Gasteiger partial charge on any atom is 0.305 e. The van der Waals surface area contributed by atoms with Gasteiger partial charge in [-0.05, 0) is 36.8 Å². The molecule has 3 rings (SSSR count). The number of hydrogen-bond donors (Lipinski definition) is 2. The highest BCUT2D eigenvalue weighted by Gasteiger charge is 2.14. The van der Waals surface area contributed by atoms with Crippen molar-refractivity contribution in [2.75, 3.05) is 13.2 Å². The van der Waals surface area contributed by atoms with Gasteiger partial charge in [0.05, 0.1) is 17.4 Å². The van der Waals surface area contributed by atoms with Crippen LogP contribution >= 0.6 is 11.6 Å². The number of amides is 1. The highest BCUT2D eigenvalue weighted by atomic mass is 35.5. The minimum atomic E-state index is -0.996. The largest absolute Gasteiger partial charge is 0.484 e. The molecule has 0 aliphatic rings. The van der Waals surface area contributed by atoms with Crippen LogP contribution in [0.2, 0.25) is 5.02 Å². The molecular weight excluding hydrogens is 398 g/mol. The summed E-state index contributed by atoms with van der Waals surface area (Å²) in [4.78, 5) is 35.1. The summed E-state index contributed by atoms with van der Waals surface area (Å²) >= 11 is 5.91. The molecule has 0 bridgehead atoms. The second-order valence-corrected chi connectivity index (χ2v) is 6.75. The normalized spacial score (nSPS) is 10.7. The van der Waals surface area contributed by atoms with Gasteiger partial charge in [-0.3, -0.25) is 14.4 Å². The number of aryl methyl sites for hydroxylation is 1. The van der Waals surface area contributed by atoms with Crippen molar-refractivity contribution in [1.82, 2.24) is 5.32 Å². The average Bonchev–Trinajstić information content (AvgIpc) is 2.67. The van der Waals surface area contributed by atoms with Crippen LogP contribution < -0.4 is 15.5 Å². The molecule has 0 aliphatic carbocycles. The monoisotopic (exact) mass is 415 g/mol. The molecule has 0 spiro atoms. The summed E-state index contributed by atoms with van der Waals surface area (Å²) in [7, 11) is 0. The number of carboxylic acids is 1. The molecule has 2 aromatic carbocycles. The summed E-state index contributed by atoms with van der Waals surface area (Å²) in [6.45, 7) is 1.45. The fourth-order valence-corrected chi connectivity index (χ4v) is 2.96.